The van der Waals surface area contributed by atoms with Gasteiger partial charge in [0.1, 0.15) is 0 Å². The predicted molar refractivity (Wildman–Crippen MR) is 63.5 cm³/mol. The lowest BCUT2D eigenvalue weighted by Gasteiger charge is -2.03. The van der Waals surface area contributed by atoms with Gasteiger partial charge in [0.2, 0.25) is 0 Å². The number of hydrogen-bond acceptors (Lipinski definition) is 1. The van der Waals surface area contributed by atoms with Crippen LogP contribution in [0.15, 0.2) is 29.2 Å². The predicted octanol–water partition coefficient (Wildman–Crippen LogP) is 4.52. The fourth-order valence-electron chi connectivity index (χ4n) is 0.889. The summed E-state index contributed by atoms with van der Waals surface area (Å²) in [5, 5.41) is 0.678. The molecule has 0 heterocycles. The number of aryl methyl sites for hydroxylation is 1. The fraction of sp³-hybridized carbons (Fsp3) is 0.500. The van der Waals surface area contributed by atoms with E-state index in [-0.39, 0.29) is 0 Å². The molecule has 0 saturated carbocycles. The minimum atomic E-state index is 0.678. The van der Waals surface area contributed by atoms with Crippen LogP contribution >= 0.6 is 11.8 Å². The van der Waals surface area contributed by atoms with Crippen molar-refractivity contribution in [1.29, 1.82) is 0 Å². The van der Waals surface area contributed by atoms with Gasteiger partial charge in [0.25, 0.3) is 0 Å². The van der Waals surface area contributed by atoms with Crippen molar-refractivity contribution in [2.45, 2.75) is 44.8 Å². The Labute approximate surface area is 86.7 Å². The summed E-state index contributed by atoms with van der Waals surface area (Å²) in [5.41, 5.74) is 1.33. The Balaban J connectivity index is 0.000000671. The van der Waals surface area contributed by atoms with E-state index in [1.165, 1.54) is 10.5 Å². The Hall–Kier alpha value is -0.430. The first kappa shape index (κ1) is 12.6. The standard InChI is InChI=1S/C10H14S.C2H6/c1-8(2)11-10-6-4-9(3)5-7-10;1-2/h4-8H,1-3H3;1-2H3. The highest BCUT2D eigenvalue weighted by Crippen LogP contribution is 2.22. The third-order valence-corrected chi connectivity index (χ3v) is 2.41. The van der Waals surface area contributed by atoms with E-state index in [0.29, 0.717) is 5.25 Å². The molecule has 0 radical (unpaired) electrons. The van der Waals surface area contributed by atoms with Gasteiger partial charge in [0.05, 0.1) is 0 Å². The molecular weight excluding hydrogens is 176 g/mol. The average molecular weight is 196 g/mol. The summed E-state index contributed by atoms with van der Waals surface area (Å²) in [6.45, 7) is 10.5. The van der Waals surface area contributed by atoms with E-state index in [0.717, 1.165) is 0 Å². The lowest BCUT2D eigenvalue weighted by atomic mass is 10.2. The van der Waals surface area contributed by atoms with Gasteiger partial charge in [0, 0.05) is 10.1 Å². The molecular formula is C12H20S. The van der Waals surface area contributed by atoms with Crippen LogP contribution in [0, 0.1) is 6.92 Å². The molecule has 0 bridgehead atoms. The zero-order valence-corrected chi connectivity index (χ0v) is 10.1. The maximum absolute atomic E-state index is 2.21. The molecule has 0 aliphatic rings. The molecule has 1 aromatic rings. The van der Waals surface area contributed by atoms with E-state index >= 15 is 0 Å². The maximum Gasteiger partial charge on any atom is 0.00747 e. The molecule has 1 aromatic carbocycles. The molecule has 1 rings (SSSR count). The lowest BCUT2D eigenvalue weighted by Crippen LogP contribution is -1.85. The molecule has 0 aliphatic carbocycles. The molecule has 0 atom stereocenters. The smallest absolute Gasteiger partial charge is 0.00747 e. The van der Waals surface area contributed by atoms with Gasteiger partial charge >= 0.3 is 0 Å². The van der Waals surface area contributed by atoms with Gasteiger partial charge in [-0.3, -0.25) is 0 Å². The summed E-state index contributed by atoms with van der Waals surface area (Å²) in [5.74, 6) is 0. The monoisotopic (exact) mass is 196 g/mol. The van der Waals surface area contributed by atoms with Crippen molar-refractivity contribution in [3.8, 4) is 0 Å². The summed E-state index contributed by atoms with van der Waals surface area (Å²) in [6, 6.07) is 8.68. The van der Waals surface area contributed by atoms with E-state index in [4.69, 9.17) is 0 Å². The van der Waals surface area contributed by atoms with Crippen LogP contribution in [0.1, 0.15) is 33.3 Å². The van der Waals surface area contributed by atoms with Gasteiger partial charge in [-0.25, -0.2) is 0 Å². The molecule has 13 heavy (non-hydrogen) atoms. The molecule has 0 aromatic heterocycles. The minimum absolute atomic E-state index is 0.678. The van der Waals surface area contributed by atoms with Crippen LogP contribution in [0.4, 0.5) is 0 Å². The molecule has 0 N–H and O–H groups in total. The molecule has 1 heteroatoms. The zero-order chi connectivity index (χ0) is 10.3. The summed E-state index contributed by atoms with van der Waals surface area (Å²) in [6.07, 6.45) is 0. The summed E-state index contributed by atoms with van der Waals surface area (Å²) >= 11 is 1.91. The van der Waals surface area contributed by atoms with Crippen LogP contribution < -0.4 is 0 Å². The molecule has 74 valence electrons. The first-order valence-corrected chi connectivity index (χ1v) is 5.80. The summed E-state index contributed by atoms with van der Waals surface area (Å²) in [7, 11) is 0. The van der Waals surface area contributed by atoms with Crippen molar-refractivity contribution >= 4 is 11.8 Å². The quantitative estimate of drug-likeness (QED) is 0.627. The van der Waals surface area contributed by atoms with Crippen LogP contribution in [0.25, 0.3) is 0 Å². The molecule has 0 aliphatic heterocycles. The molecule has 0 amide bonds. The van der Waals surface area contributed by atoms with E-state index in [9.17, 15) is 0 Å². The van der Waals surface area contributed by atoms with Crippen molar-refractivity contribution in [3.63, 3.8) is 0 Å². The Morgan fingerprint density at radius 1 is 1.00 bits per heavy atom. The number of thioether (sulfide) groups is 1. The number of benzene rings is 1. The molecule has 0 spiro atoms. The fourth-order valence-corrected chi connectivity index (χ4v) is 1.73. The molecule has 0 saturated heterocycles. The van der Waals surface area contributed by atoms with Gasteiger partial charge < -0.3 is 0 Å². The summed E-state index contributed by atoms with van der Waals surface area (Å²) in [4.78, 5) is 1.37. The highest BCUT2D eigenvalue weighted by atomic mass is 32.2. The van der Waals surface area contributed by atoms with Gasteiger partial charge in [-0.05, 0) is 19.1 Å². The van der Waals surface area contributed by atoms with Crippen LogP contribution in [0.3, 0.4) is 0 Å². The average Bonchev–Trinajstić information content (AvgIpc) is 2.12. The second-order valence-corrected chi connectivity index (χ2v) is 4.63. The third-order valence-electron chi connectivity index (χ3n) is 1.39. The first-order chi connectivity index (χ1) is 6.18. The van der Waals surface area contributed by atoms with Crippen LogP contribution in [0.2, 0.25) is 0 Å². The van der Waals surface area contributed by atoms with E-state index in [2.05, 4.69) is 45.0 Å². The number of hydrogen-bond donors (Lipinski definition) is 0. The largest absolute Gasteiger partial charge is 0.123 e. The Morgan fingerprint density at radius 2 is 1.46 bits per heavy atom. The Morgan fingerprint density at radius 3 is 1.85 bits per heavy atom. The van der Waals surface area contributed by atoms with Crippen LogP contribution in [-0.2, 0) is 0 Å². The maximum atomic E-state index is 2.21. The van der Waals surface area contributed by atoms with Gasteiger partial charge in [0.15, 0.2) is 0 Å². The Kier molecular flexibility index (Phi) is 6.79. The first-order valence-electron chi connectivity index (χ1n) is 4.92. The van der Waals surface area contributed by atoms with Crippen molar-refractivity contribution in [2.75, 3.05) is 0 Å². The van der Waals surface area contributed by atoms with Crippen molar-refractivity contribution in [3.05, 3.63) is 29.8 Å². The van der Waals surface area contributed by atoms with E-state index < -0.39 is 0 Å². The van der Waals surface area contributed by atoms with Crippen LogP contribution in [-0.4, -0.2) is 5.25 Å². The SMILES string of the molecule is CC.Cc1ccc(SC(C)C)cc1. The third kappa shape index (κ3) is 5.75. The minimum Gasteiger partial charge on any atom is -0.123 e. The second kappa shape index (κ2) is 7.02. The second-order valence-electron chi connectivity index (χ2n) is 2.98. The zero-order valence-electron chi connectivity index (χ0n) is 9.29. The Bertz CT molecular complexity index is 211. The normalized spacial score (nSPS) is 9.38. The highest BCUT2D eigenvalue weighted by Gasteiger charge is 1.95. The van der Waals surface area contributed by atoms with E-state index in [1.54, 1.807) is 0 Å². The molecule has 0 fully saturated rings. The van der Waals surface area contributed by atoms with Crippen LogP contribution in [0.5, 0.6) is 0 Å². The van der Waals surface area contributed by atoms with Gasteiger partial charge in [-0.2, -0.15) is 0 Å². The number of rotatable bonds is 2. The molecule has 0 unspecified atom stereocenters. The van der Waals surface area contributed by atoms with Crippen molar-refractivity contribution in [2.24, 2.45) is 0 Å². The highest BCUT2D eigenvalue weighted by molar-refractivity contribution is 7.99. The van der Waals surface area contributed by atoms with Gasteiger partial charge in [-0.15, -0.1) is 11.8 Å². The van der Waals surface area contributed by atoms with E-state index in [1.807, 2.05) is 25.6 Å². The molecule has 0 nitrogen and oxygen atoms in total. The topological polar surface area (TPSA) is 0 Å². The van der Waals surface area contributed by atoms with Crippen molar-refractivity contribution < 1.29 is 0 Å². The lowest BCUT2D eigenvalue weighted by molar-refractivity contribution is 1.11. The van der Waals surface area contributed by atoms with Gasteiger partial charge in [-0.1, -0.05) is 45.4 Å². The van der Waals surface area contributed by atoms with Crippen molar-refractivity contribution in [1.82, 2.24) is 0 Å². The summed E-state index contributed by atoms with van der Waals surface area (Å²) < 4.78 is 0.